The highest BCUT2D eigenvalue weighted by molar-refractivity contribution is 5.75. The number of amides is 2. The van der Waals surface area contributed by atoms with Gasteiger partial charge in [0.25, 0.3) is 0 Å². The van der Waals surface area contributed by atoms with Crippen LogP contribution in [0, 0.1) is 5.92 Å². The van der Waals surface area contributed by atoms with Gasteiger partial charge in [0.1, 0.15) is 5.75 Å². The fourth-order valence-corrected chi connectivity index (χ4v) is 2.93. The average molecular weight is 320 g/mol. The lowest BCUT2D eigenvalue weighted by molar-refractivity contribution is 0.0429. The Morgan fingerprint density at radius 3 is 2.83 bits per heavy atom. The summed E-state index contributed by atoms with van der Waals surface area (Å²) in [6.45, 7) is 7.70. The van der Waals surface area contributed by atoms with E-state index in [4.69, 9.17) is 4.74 Å². The Balaban J connectivity index is 2.06. The van der Waals surface area contributed by atoms with Crippen LogP contribution in [-0.2, 0) is 0 Å². The minimum absolute atomic E-state index is 0.0956. The third kappa shape index (κ3) is 4.38. The molecule has 3 unspecified atom stereocenters. The molecule has 0 aromatic heterocycles. The van der Waals surface area contributed by atoms with Crippen molar-refractivity contribution in [2.45, 2.75) is 45.8 Å². The van der Waals surface area contributed by atoms with Crippen molar-refractivity contribution in [1.82, 2.24) is 10.2 Å². The summed E-state index contributed by atoms with van der Waals surface area (Å²) in [4.78, 5) is 14.2. The lowest BCUT2D eigenvalue weighted by Gasteiger charge is -2.35. The quantitative estimate of drug-likeness (QED) is 0.877. The van der Waals surface area contributed by atoms with Crippen LogP contribution >= 0.6 is 0 Å². The summed E-state index contributed by atoms with van der Waals surface area (Å²) < 4.78 is 5.67. The summed E-state index contributed by atoms with van der Waals surface area (Å²) >= 11 is 0. The van der Waals surface area contributed by atoms with Crippen molar-refractivity contribution >= 4 is 6.03 Å². The summed E-state index contributed by atoms with van der Waals surface area (Å²) in [6.07, 6.45) is 1.18. The van der Waals surface area contributed by atoms with Crippen LogP contribution in [0.2, 0.25) is 0 Å². The number of carbonyl (C=O) groups is 1. The first-order valence-electron chi connectivity index (χ1n) is 8.52. The highest BCUT2D eigenvalue weighted by Gasteiger charge is 2.28. The molecule has 3 atom stereocenters. The Morgan fingerprint density at radius 2 is 2.17 bits per heavy atom. The standard InChI is InChI=1S/C18H28N2O3/c1-4-15(14-8-6-7-9-17(14)23-5-2)19-18(22)20-11-10-13(3)16(21)12-20/h6-9,13,15-16,21H,4-5,10-12H2,1-3H3,(H,19,22). The number of carbonyl (C=O) groups excluding carboxylic acids is 1. The van der Waals surface area contributed by atoms with Gasteiger partial charge < -0.3 is 20.1 Å². The molecule has 0 bridgehead atoms. The van der Waals surface area contributed by atoms with Crippen LogP contribution in [0.3, 0.4) is 0 Å². The van der Waals surface area contributed by atoms with Crippen molar-refractivity contribution in [2.24, 2.45) is 5.92 Å². The number of rotatable bonds is 5. The molecule has 1 aromatic rings. The molecule has 1 heterocycles. The smallest absolute Gasteiger partial charge is 0.317 e. The maximum absolute atomic E-state index is 12.5. The normalized spacial score (nSPS) is 22.5. The van der Waals surface area contributed by atoms with E-state index in [1.54, 1.807) is 4.90 Å². The van der Waals surface area contributed by atoms with Gasteiger partial charge in [0.05, 0.1) is 18.8 Å². The zero-order valence-electron chi connectivity index (χ0n) is 14.3. The molecule has 0 aliphatic carbocycles. The van der Waals surface area contributed by atoms with E-state index >= 15 is 0 Å². The van der Waals surface area contributed by atoms with Gasteiger partial charge >= 0.3 is 6.03 Å². The first kappa shape index (κ1) is 17.6. The van der Waals surface area contributed by atoms with Crippen molar-refractivity contribution in [3.63, 3.8) is 0 Å². The van der Waals surface area contributed by atoms with Gasteiger partial charge in [-0.2, -0.15) is 0 Å². The number of nitrogens with zero attached hydrogens (tertiary/aromatic N) is 1. The van der Waals surface area contributed by atoms with Gasteiger partial charge in [-0.3, -0.25) is 0 Å². The molecule has 1 fully saturated rings. The van der Waals surface area contributed by atoms with Crippen LogP contribution in [0.15, 0.2) is 24.3 Å². The van der Waals surface area contributed by atoms with Gasteiger partial charge in [-0.15, -0.1) is 0 Å². The second-order valence-corrected chi connectivity index (χ2v) is 6.16. The predicted molar refractivity (Wildman–Crippen MR) is 90.5 cm³/mol. The number of likely N-dealkylation sites (tertiary alicyclic amines) is 1. The fraction of sp³-hybridized carbons (Fsp3) is 0.611. The molecule has 2 amide bonds. The number of para-hydroxylation sites is 1. The summed E-state index contributed by atoms with van der Waals surface area (Å²) in [5.41, 5.74) is 0.996. The van der Waals surface area contributed by atoms with E-state index in [1.807, 2.05) is 45.0 Å². The van der Waals surface area contributed by atoms with E-state index < -0.39 is 6.10 Å². The number of hydrogen-bond donors (Lipinski definition) is 2. The molecule has 5 heteroatoms. The summed E-state index contributed by atoms with van der Waals surface area (Å²) in [5.74, 6) is 1.06. The molecular weight excluding hydrogens is 292 g/mol. The maximum atomic E-state index is 12.5. The lowest BCUT2D eigenvalue weighted by Crippen LogP contribution is -2.50. The van der Waals surface area contributed by atoms with Gasteiger partial charge in [-0.05, 0) is 31.7 Å². The number of benzene rings is 1. The Kier molecular flexibility index (Phi) is 6.28. The number of urea groups is 1. The highest BCUT2D eigenvalue weighted by atomic mass is 16.5. The highest BCUT2D eigenvalue weighted by Crippen LogP contribution is 2.27. The van der Waals surface area contributed by atoms with E-state index in [1.165, 1.54) is 0 Å². The molecular formula is C18H28N2O3. The van der Waals surface area contributed by atoms with E-state index in [2.05, 4.69) is 5.32 Å². The van der Waals surface area contributed by atoms with Crippen molar-refractivity contribution in [2.75, 3.05) is 19.7 Å². The SMILES string of the molecule is CCOc1ccccc1C(CC)NC(=O)N1CCC(C)C(O)C1. The molecule has 2 rings (SSSR count). The van der Waals surface area contributed by atoms with Crippen LogP contribution in [0.5, 0.6) is 5.75 Å². The summed E-state index contributed by atoms with van der Waals surface area (Å²) in [7, 11) is 0. The molecule has 0 saturated carbocycles. The molecule has 1 saturated heterocycles. The van der Waals surface area contributed by atoms with E-state index in [-0.39, 0.29) is 18.0 Å². The Labute approximate surface area is 138 Å². The predicted octanol–water partition coefficient (Wildman–Crippen LogP) is 2.95. The van der Waals surface area contributed by atoms with Gasteiger partial charge in [0, 0.05) is 18.7 Å². The second-order valence-electron chi connectivity index (χ2n) is 6.16. The zero-order valence-corrected chi connectivity index (χ0v) is 14.3. The van der Waals surface area contributed by atoms with Gasteiger partial charge in [0.15, 0.2) is 0 Å². The molecule has 0 spiro atoms. The Morgan fingerprint density at radius 1 is 1.43 bits per heavy atom. The third-order valence-electron chi connectivity index (χ3n) is 4.51. The molecule has 1 aliphatic heterocycles. The van der Waals surface area contributed by atoms with E-state index in [0.717, 1.165) is 24.2 Å². The molecule has 23 heavy (non-hydrogen) atoms. The van der Waals surface area contributed by atoms with Crippen molar-refractivity contribution in [3.8, 4) is 5.75 Å². The number of hydrogen-bond acceptors (Lipinski definition) is 3. The van der Waals surface area contributed by atoms with Crippen molar-refractivity contribution < 1.29 is 14.6 Å². The lowest BCUT2D eigenvalue weighted by atomic mass is 9.96. The average Bonchev–Trinajstić information content (AvgIpc) is 2.56. The topological polar surface area (TPSA) is 61.8 Å². The molecule has 1 aliphatic rings. The largest absolute Gasteiger partial charge is 0.494 e. The number of β-amino-alcohol motifs (C(OH)–C–C–N with tert-alkyl or cyclic N) is 1. The molecule has 5 nitrogen and oxygen atoms in total. The van der Waals surface area contributed by atoms with E-state index in [0.29, 0.717) is 19.7 Å². The van der Waals surface area contributed by atoms with Gasteiger partial charge in [0.2, 0.25) is 0 Å². The monoisotopic (exact) mass is 320 g/mol. The molecule has 2 N–H and O–H groups in total. The number of aliphatic hydroxyl groups excluding tert-OH is 1. The summed E-state index contributed by atoms with van der Waals surface area (Å²) in [6, 6.07) is 7.60. The molecule has 128 valence electrons. The van der Waals surface area contributed by atoms with Crippen LogP contribution in [-0.4, -0.2) is 41.8 Å². The van der Waals surface area contributed by atoms with Crippen LogP contribution < -0.4 is 10.1 Å². The van der Waals surface area contributed by atoms with Crippen LogP contribution in [0.1, 0.15) is 45.2 Å². The molecule has 0 radical (unpaired) electrons. The van der Waals surface area contributed by atoms with Gasteiger partial charge in [-0.1, -0.05) is 32.0 Å². The Hall–Kier alpha value is -1.75. The first-order chi connectivity index (χ1) is 11.1. The number of nitrogens with one attached hydrogen (secondary N) is 1. The van der Waals surface area contributed by atoms with Crippen molar-refractivity contribution in [3.05, 3.63) is 29.8 Å². The van der Waals surface area contributed by atoms with Crippen LogP contribution in [0.25, 0.3) is 0 Å². The Bertz CT molecular complexity index is 521. The maximum Gasteiger partial charge on any atom is 0.317 e. The van der Waals surface area contributed by atoms with E-state index in [9.17, 15) is 9.90 Å². The first-order valence-corrected chi connectivity index (χ1v) is 8.52. The van der Waals surface area contributed by atoms with Gasteiger partial charge in [-0.25, -0.2) is 4.79 Å². The minimum Gasteiger partial charge on any atom is -0.494 e. The number of piperidine rings is 1. The minimum atomic E-state index is -0.440. The molecule has 1 aromatic carbocycles. The summed E-state index contributed by atoms with van der Waals surface area (Å²) in [5, 5.41) is 13.1. The van der Waals surface area contributed by atoms with Crippen LogP contribution in [0.4, 0.5) is 4.79 Å². The number of aliphatic hydroxyl groups is 1. The fourth-order valence-electron chi connectivity index (χ4n) is 2.93. The number of ether oxygens (including phenoxy) is 1. The van der Waals surface area contributed by atoms with Crippen molar-refractivity contribution in [1.29, 1.82) is 0 Å². The second kappa shape index (κ2) is 8.20. The third-order valence-corrected chi connectivity index (χ3v) is 4.51. The zero-order chi connectivity index (χ0) is 16.8.